The molecule has 0 saturated carbocycles. The molecule has 1 aliphatic heterocycles. The molecule has 6 nitrogen and oxygen atoms in total. The van der Waals surface area contributed by atoms with Gasteiger partial charge in [0.2, 0.25) is 5.91 Å². The lowest BCUT2D eigenvalue weighted by atomic mass is 10.1. The standard InChI is InChI=1S/C20H22N4O2S/c1-2-21-20(26)18-10-9-17(27-18)16-8-5-11-24(16)19(25)12-15-13-6-3-4-7-14(13)22-23-15/h3-4,6-7,9-10,16H,2,5,8,11-12H2,1H3,(H,21,26)(H,22,23). The quantitative estimate of drug-likeness (QED) is 0.711. The molecule has 3 heterocycles. The molecule has 2 aromatic heterocycles. The molecule has 7 heteroatoms. The zero-order valence-electron chi connectivity index (χ0n) is 15.2. The predicted octanol–water partition coefficient (Wildman–Crippen LogP) is 3.28. The third-order valence-electron chi connectivity index (χ3n) is 4.96. The van der Waals surface area contributed by atoms with Crippen LogP contribution in [-0.2, 0) is 11.2 Å². The summed E-state index contributed by atoms with van der Waals surface area (Å²) < 4.78 is 0. The van der Waals surface area contributed by atoms with Gasteiger partial charge >= 0.3 is 0 Å². The second-order valence-electron chi connectivity index (χ2n) is 6.70. The molecule has 4 rings (SSSR count). The van der Waals surface area contributed by atoms with Crippen LogP contribution in [0.4, 0.5) is 0 Å². The number of hydrogen-bond acceptors (Lipinski definition) is 4. The van der Waals surface area contributed by atoms with E-state index in [1.54, 1.807) is 0 Å². The van der Waals surface area contributed by atoms with Crippen LogP contribution in [0.2, 0.25) is 0 Å². The summed E-state index contributed by atoms with van der Waals surface area (Å²) in [6.07, 6.45) is 2.23. The Balaban J connectivity index is 1.51. The Morgan fingerprint density at radius 3 is 3.00 bits per heavy atom. The van der Waals surface area contributed by atoms with E-state index in [9.17, 15) is 9.59 Å². The third-order valence-corrected chi connectivity index (χ3v) is 6.14. The summed E-state index contributed by atoms with van der Waals surface area (Å²) in [6, 6.07) is 11.7. The Bertz CT molecular complexity index is 977. The fourth-order valence-corrected chi connectivity index (χ4v) is 4.74. The van der Waals surface area contributed by atoms with E-state index in [1.807, 2.05) is 48.2 Å². The molecule has 0 bridgehead atoms. The number of carbonyl (C=O) groups is 2. The normalized spacial score (nSPS) is 16.8. The topological polar surface area (TPSA) is 78.1 Å². The summed E-state index contributed by atoms with van der Waals surface area (Å²) in [7, 11) is 0. The number of aromatic amines is 1. The number of likely N-dealkylation sites (tertiary alicyclic amines) is 1. The number of fused-ring (bicyclic) bond motifs is 1. The number of nitrogens with zero attached hydrogens (tertiary/aromatic N) is 2. The number of hydrogen-bond donors (Lipinski definition) is 2. The van der Waals surface area contributed by atoms with Gasteiger partial charge in [-0.3, -0.25) is 14.7 Å². The fraction of sp³-hybridized carbons (Fsp3) is 0.350. The predicted molar refractivity (Wildman–Crippen MR) is 106 cm³/mol. The van der Waals surface area contributed by atoms with Crippen molar-refractivity contribution in [2.24, 2.45) is 0 Å². The van der Waals surface area contributed by atoms with Crippen molar-refractivity contribution >= 4 is 34.1 Å². The highest BCUT2D eigenvalue weighted by Crippen LogP contribution is 2.36. The number of benzene rings is 1. The number of carbonyl (C=O) groups excluding carboxylic acids is 2. The molecule has 1 aliphatic rings. The maximum absolute atomic E-state index is 13.0. The first-order valence-electron chi connectivity index (χ1n) is 9.26. The van der Waals surface area contributed by atoms with Crippen molar-refractivity contribution in [3.63, 3.8) is 0 Å². The highest BCUT2D eigenvalue weighted by molar-refractivity contribution is 7.14. The summed E-state index contributed by atoms with van der Waals surface area (Å²) >= 11 is 1.48. The van der Waals surface area contributed by atoms with Crippen LogP contribution in [0.3, 0.4) is 0 Å². The van der Waals surface area contributed by atoms with E-state index >= 15 is 0 Å². The molecule has 1 unspecified atom stereocenters. The van der Waals surface area contributed by atoms with Crippen LogP contribution in [-0.4, -0.2) is 40.0 Å². The number of para-hydroxylation sites is 1. The smallest absolute Gasteiger partial charge is 0.261 e. The van der Waals surface area contributed by atoms with Crippen LogP contribution in [0.5, 0.6) is 0 Å². The maximum atomic E-state index is 13.0. The van der Waals surface area contributed by atoms with E-state index in [1.165, 1.54) is 11.3 Å². The van der Waals surface area contributed by atoms with Gasteiger partial charge in [0.15, 0.2) is 0 Å². The Hall–Kier alpha value is -2.67. The zero-order chi connectivity index (χ0) is 18.8. The number of nitrogens with one attached hydrogen (secondary N) is 2. The van der Waals surface area contributed by atoms with Gasteiger partial charge in [-0.25, -0.2) is 0 Å². The van der Waals surface area contributed by atoms with E-state index in [2.05, 4.69) is 15.5 Å². The van der Waals surface area contributed by atoms with E-state index in [4.69, 9.17) is 0 Å². The SMILES string of the molecule is CCNC(=O)c1ccc(C2CCCN2C(=O)Cc2[nH]nc3ccccc23)s1. The Kier molecular flexibility index (Phi) is 4.94. The van der Waals surface area contributed by atoms with Crippen molar-refractivity contribution in [3.05, 3.63) is 51.8 Å². The highest BCUT2D eigenvalue weighted by Gasteiger charge is 2.31. The van der Waals surface area contributed by atoms with Crippen LogP contribution in [0.25, 0.3) is 10.9 Å². The first-order chi connectivity index (χ1) is 13.2. The van der Waals surface area contributed by atoms with Gasteiger partial charge < -0.3 is 10.2 Å². The van der Waals surface area contributed by atoms with Gasteiger partial charge in [-0.15, -0.1) is 11.3 Å². The van der Waals surface area contributed by atoms with Gasteiger partial charge in [0.1, 0.15) is 0 Å². The van der Waals surface area contributed by atoms with Crippen LogP contribution in [0, 0.1) is 0 Å². The van der Waals surface area contributed by atoms with Crippen LogP contribution in [0.1, 0.15) is 46.0 Å². The molecule has 3 aromatic rings. The fourth-order valence-electron chi connectivity index (χ4n) is 3.66. The second-order valence-corrected chi connectivity index (χ2v) is 7.82. The minimum absolute atomic E-state index is 0.0476. The molecule has 1 atom stereocenters. The van der Waals surface area contributed by atoms with Crippen molar-refractivity contribution in [2.75, 3.05) is 13.1 Å². The molecule has 0 spiro atoms. The molecule has 1 saturated heterocycles. The molecule has 140 valence electrons. The molecule has 2 N–H and O–H groups in total. The Morgan fingerprint density at radius 2 is 2.15 bits per heavy atom. The van der Waals surface area contributed by atoms with E-state index in [0.29, 0.717) is 17.8 Å². The largest absolute Gasteiger partial charge is 0.352 e. The average molecular weight is 382 g/mol. The first-order valence-corrected chi connectivity index (χ1v) is 10.1. The molecule has 0 aliphatic carbocycles. The lowest BCUT2D eigenvalue weighted by Gasteiger charge is -2.23. The first kappa shape index (κ1) is 17.7. The third kappa shape index (κ3) is 3.47. The second kappa shape index (κ2) is 7.52. The Labute approximate surface area is 161 Å². The summed E-state index contributed by atoms with van der Waals surface area (Å²) in [6.45, 7) is 3.27. The molecule has 0 radical (unpaired) electrons. The lowest BCUT2D eigenvalue weighted by Crippen LogP contribution is -2.31. The van der Waals surface area contributed by atoms with E-state index < -0.39 is 0 Å². The molecule has 27 heavy (non-hydrogen) atoms. The minimum Gasteiger partial charge on any atom is -0.352 e. The van der Waals surface area contributed by atoms with Crippen molar-refractivity contribution in [2.45, 2.75) is 32.2 Å². The van der Waals surface area contributed by atoms with Gasteiger partial charge in [-0.1, -0.05) is 18.2 Å². The van der Waals surface area contributed by atoms with Gasteiger partial charge in [0, 0.05) is 23.4 Å². The Morgan fingerprint density at radius 1 is 1.30 bits per heavy atom. The van der Waals surface area contributed by atoms with Crippen LogP contribution < -0.4 is 5.32 Å². The summed E-state index contributed by atoms with van der Waals surface area (Å²) in [5.41, 5.74) is 1.73. The number of rotatable bonds is 5. The van der Waals surface area contributed by atoms with Crippen molar-refractivity contribution in [1.82, 2.24) is 20.4 Å². The highest BCUT2D eigenvalue weighted by atomic mass is 32.1. The number of aromatic nitrogens is 2. The summed E-state index contributed by atoms with van der Waals surface area (Å²) in [5, 5.41) is 11.1. The molecular weight excluding hydrogens is 360 g/mol. The minimum atomic E-state index is -0.0476. The van der Waals surface area contributed by atoms with Gasteiger partial charge in [0.25, 0.3) is 5.91 Å². The van der Waals surface area contributed by atoms with Gasteiger partial charge in [-0.2, -0.15) is 5.10 Å². The van der Waals surface area contributed by atoms with Crippen molar-refractivity contribution in [1.29, 1.82) is 0 Å². The lowest BCUT2D eigenvalue weighted by molar-refractivity contribution is -0.131. The zero-order valence-corrected chi connectivity index (χ0v) is 16.0. The van der Waals surface area contributed by atoms with Gasteiger partial charge in [0.05, 0.1) is 28.6 Å². The molecule has 2 amide bonds. The maximum Gasteiger partial charge on any atom is 0.261 e. The van der Waals surface area contributed by atoms with Crippen LogP contribution in [0.15, 0.2) is 36.4 Å². The number of amides is 2. The van der Waals surface area contributed by atoms with Crippen molar-refractivity contribution in [3.8, 4) is 0 Å². The molecule has 1 fully saturated rings. The number of H-pyrrole nitrogens is 1. The van der Waals surface area contributed by atoms with E-state index in [-0.39, 0.29) is 17.9 Å². The monoisotopic (exact) mass is 382 g/mol. The number of thiophene rings is 1. The molecule has 1 aromatic carbocycles. The summed E-state index contributed by atoms with van der Waals surface area (Å²) in [4.78, 5) is 28.7. The van der Waals surface area contributed by atoms with Crippen molar-refractivity contribution < 1.29 is 9.59 Å². The van der Waals surface area contributed by atoms with Crippen LogP contribution >= 0.6 is 11.3 Å². The summed E-state index contributed by atoms with van der Waals surface area (Å²) in [5.74, 6) is 0.0495. The van der Waals surface area contributed by atoms with E-state index in [0.717, 1.165) is 40.9 Å². The average Bonchev–Trinajstić information content (AvgIpc) is 3.41. The molecular formula is C20H22N4O2S. The van der Waals surface area contributed by atoms with Gasteiger partial charge in [-0.05, 0) is 38.0 Å².